The first-order chi connectivity index (χ1) is 14.0. The van der Waals surface area contributed by atoms with Crippen molar-refractivity contribution in [3.05, 3.63) is 46.8 Å². The molecule has 0 bridgehead atoms. The van der Waals surface area contributed by atoms with Crippen molar-refractivity contribution in [3.63, 3.8) is 0 Å². The van der Waals surface area contributed by atoms with Crippen LogP contribution in [0.3, 0.4) is 0 Å². The number of benzene rings is 1. The molecule has 0 aliphatic carbocycles. The molecule has 7 heteroatoms. The minimum atomic E-state index is -0.0767. The third-order valence-corrected chi connectivity index (χ3v) is 5.38. The van der Waals surface area contributed by atoms with Gasteiger partial charge in [0.2, 0.25) is 5.91 Å². The Labute approximate surface area is 171 Å². The quantitative estimate of drug-likeness (QED) is 0.782. The second-order valence-corrected chi connectivity index (χ2v) is 7.41. The van der Waals surface area contributed by atoms with Crippen molar-refractivity contribution < 1.29 is 9.59 Å². The zero-order chi connectivity index (χ0) is 20.8. The highest BCUT2D eigenvalue weighted by molar-refractivity contribution is 5.96. The topological polar surface area (TPSA) is 91.0 Å². The average molecular weight is 393 g/mol. The van der Waals surface area contributed by atoms with Crippen LogP contribution >= 0.6 is 0 Å². The van der Waals surface area contributed by atoms with Gasteiger partial charge in [-0.3, -0.25) is 14.3 Å². The lowest BCUT2D eigenvalue weighted by Gasteiger charge is -2.15. The number of aryl methyl sites for hydroxylation is 2. The zero-order valence-corrected chi connectivity index (χ0v) is 17.1. The summed E-state index contributed by atoms with van der Waals surface area (Å²) >= 11 is 0. The Morgan fingerprint density at radius 3 is 2.52 bits per heavy atom. The number of nitrogens with zero attached hydrogens (tertiary/aromatic N) is 4. The van der Waals surface area contributed by atoms with E-state index in [1.807, 2.05) is 23.4 Å². The number of aromatic nitrogens is 2. The molecule has 3 rings (SSSR count). The highest BCUT2D eigenvalue weighted by Crippen LogP contribution is 2.18. The largest absolute Gasteiger partial charge is 0.339 e. The predicted molar refractivity (Wildman–Crippen MR) is 110 cm³/mol. The van der Waals surface area contributed by atoms with Crippen molar-refractivity contribution in [1.29, 1.82) is 5.26 Å². The van der Waals surface area contributed by atoms with Crippen LogP contribution < -0.4 is 5.32 Å². The molecule has 2 aromatic rings. The number of nitriles is 1. The summed E-state index contributed by atoms with van der Waals surface area (Å²) in [5.41, 5.74) is 4.31. The molecular formula is C22H27N5O2. The highest BCUT2D eigenvalue weighted by Gasteiger charge is 2.19. The van der Waals surface area contributed by atoms with E-state index in [0.29, 0.717) is 37.1 Å². The van der Waals surface area contributed by atoms with E-state index in [-0.39, 0.29) is 11.8 Å². The maximum atomic E-state index is 12.4. The molecule has 7 nitrogen and oxygen atoms in total. The van der Waals surface area contributed by atoms with Gasteiger partial charge in [-0.25, -0.2) is 0 Å². The summed E-state index contributed by atoms with van der Waals surface area (Å²) in [6.07, 6.45) is 3.49. The van der Waals surface area contributed by atoms with Crippen LogP contribution in [-0.2, 0) is 17.8 Å². The third-order valence-electron chi connectivity index (χ3n) is 5.38. The SMILES string of the molecule is Cc1nn(CCC#N)c(C)c1CCC(=O)Nc1ccc(C(=O)N2CCCC2)cc1. The molecule has 1 aliphatic heterocycles. The highest BCUT2D eigenvalue weighted by atomic mass is 16.2. The summed E-state index contributed by atoms with van der Waals surface area (Å²) in [5.74, 6) is -0.0214. The first kappa shape index (κ1) is 20.6. The predicted octanol–water partition coefficient (Wildman–Crippen LogP) is 3.22. The summed E-state index contributed by atoms with van der Waals surface area (Å²) in [6, 6.07) is 9.21. The second kappa shape index (κ2) is 9.37. The van der Waals surface area contributed by atoms with Crippen LogP contribution in [0.15, 0.2) is 24.3 Å². The molecule has 0 spiro atoms. The number of rotatable bonds is 7. The molecule has 0 radical (unpaired) electrons. The van der Waals surface area contributed by atoms with Crippen LogP contribution in [0.1, 0.15) is 53.0 Å². The summed E-state index contributed by atoms with van der Waals surface area (Å²) < 4.78 is 1.84. The Bertz CT molecular complexity index is 918. The number of amides is 2. The van der Waals surface area contributed by atoms with Gasteiger partial charge in [0.1, 0.15) is 0 Å². The minimum absolute atomic E-state index is 0.0553. The molecule has 0 saturated carbocycles. The molecule has 152 valence electrons. The molecule has 2 heterocycles. The Hall–Kier alpha value is -3.14. The first-order valence-corrected chi connectivity index (χ1v) is 10.1. The van der Waals surface area contributed by atoms with E-state index in [1.165, 1.54) is 0 Å². The monoisotopic (exact) mass is 393 g/mol. The molecule has 1 N–H and O–H groups in total. The average Bonchev–Trinajstić information content (AvgIpc) is 3.34. The minimum Gasteiger partial charge on any atom is -0.339 e. The summed E-state index contributed by atoms with van der Waals surface area (Å²) in [7, 11) is 0. The van der Waals surface area contributed by atoms with Crippen LogP contribution in [-0.4, -0.2) is 39.6 Å². The molecule has 0 unspecified atom stereocenters. The van der Waals surface area contributed by atoms with Crippen molar-refractivity contribution in [2.75, 3.05) is 18.4 Å². The third kappa shape index (κ3) is 5.02. The van der Waals surface area contributed by atoms with Crippen molar-refractivity contribution in [3.8, 4) is 6.07 Å². The van der Waals surface area contributed by atoms with Crippen molar-refractivity contribution in [2.24, 2.45) is 0 Å². The summed E-state index contributed by atoms with van der Waals surface area (Å²) in [5, 5.41) is 16.1. The van der Waals surface area contributed by atoms with Gasteiger partial charge in [0, 0.05) is 36.5 Å². The lowest BCUT2D eigenvalue weighted by molar-refractivity contribution is -0.116. The Balaban J connectivity index is 1.54. The van der Waals surface area contributed by atoms with Crippen LogP contribution in [0.5, 0.6) is 0 Å². The summed E-state index contributed by atoms with van der Waals surface area (Å²) in [6.45, 7) is 6.12. The normalized spacial score (nSPS) is 13.3. The fourth-order valence-corrected chi connectivity index (χ4v) is 3.73. The van der Waals surface area contributed by atoms with Gasteiger partial charge in [-0.2, -0.15) is 10.4 Å². The Kier molecular flexibility index (Phi) is 6.65. The number of hydrogen-bond donors (Lipinski definition) is 1. The van der Waals surface area contributed by atoms with Crippen molar-refractivity contribution >= 4 is 17.5 Å². The maximum absolute atomic E-state index is 12.4. The van der Waals surface area contributed by atoms with Gasteiger partial charge in [-0.15, -0.1) is 0 Å². The van der Waals surface area contributed by atoms with E-state index in [0.717, 1.165) is 42.9 Å². The van der Waals surface area contributed by atoms with E-state index < -0.39 is 0 Å². The number of likely N-dealkylation sites (tertiary alicyclic amines) is 1. The van der Waals surface area contributed by atoms with Gasteiger partial charge < -0.3 is 10.2 Å². The fraction of sp³-hybridized carbons (Fsp3) is 0.455. The molecule has 1 aliphatic rings. The van der Waals surface area contributed by atoms with Gasteiger partial charge in [0.25, 0.3) is 5.91 Å². The Morgan fingerprint density at radius 2 is 1.86 bits per heavy atom. The number of carbonyl (C=O) groups excluding carboxylic acids is 2. The van der Waals surface area contributed by atoms with E-state index in [4.69, 9.17) is 5.26 Å². The van der Waals surface area contributed by atoms with Gasteiger partial charge in [-0.1, -0.05) is 0 Å². The van der Waals surface area contributed by atoms with Crippen LogP contribution in [0, 0.1) is 25.2 Å². The summed E-state index contributed by atoms with van der Waals surface area (Å²) in [4.78, 5) is 26.6. The zero-order valence-electron chi connectivity index (χ0n) is 17.1. The molecule has 0 atom stereocenters. The number of carbonyl (C=O) groups is 2. The fourth-order valence-electron chi connectivity index (χ4n) is 3.73. The molecule has 1 saturated heterocycles. The molecular weight excluding hydrogens is 366 g/mol. The van der Waals surface area contributed by atoms with Gasteiger partial charge in [0.15, 0.2) is 0 Å². The lowest BCUT2D eigenvalue weighted by atomic mass is 10.1. The maximum Gasteiger partial charge on any atom is 0.253 e. The lowest BCUT2D eigenvalue weighted by Crippen LogP contribution is -2.27. The van der Waals surface area contributed by atoms with Crippen molar-refractivity contribution in [1.82, 2.24) is 14.7 Å². The van der Waals surface area contributed by atoms with Crippen LogP contribution in [0.4, 0.5) is 5.69 Å². The van der Waals surface area contributed by atoms with E-state index in [1.54, 1.807) is 24.3 Å². The molecule has 2 amide bonds. The molecule has 29 heavy (non-hydrogen) atoms. The van der Waals surface area contributed by atoms with Gasteiger partial charge in [0.05, 0.1) is 24.7 Å². The number of hydrogen-bond acceptors (Lipinski definition) is 4. The van der Waals surface area contributed by atoms with Gasteiger partial charge >= 0.3 is 0 Å². The van der Waals surface area contributed by atoms with Gasteiger partial charge in [-0.05, 0) is 62.9 Å². The van der Waals surface area contributed by atoms with E-state index >= 15 is 0 Å². The molecule has 1 aromatic carbocycles. The van der Waals surface area contributed by atoms with E-state index in [2.05, 4.69) is 16.5 Å². The number of anilines is 1. The molecule has 1 fully saturated rings. The van der Waals surface area contributed by atoms with E-state index in [9.17, 15) is 9.59 Å². The number of nitrogens with one attached hydrogen (secondary N) is 1. The van der Waals surface area contributed by atoms with Crippen molar-refractivity contribution in [2.45, 2.75) is 52.5 Å². The standard InChI is InChI=1S/C22H27N5O2/c1-16-20(17(2)27(25-16)15-5-12-23)10-11-21(28)24-19-8-6-18(7-9-19)22(29)26-13-3-4-14-26/h6-9H,3-5,10-11,13-15H2,1-2H3,(H,24,28). The second-order valence-electron chi connectivity index (χ2n) is 7.41. The first-order valence-electron chi connectivity index (χ1n) is 10.1. The van der Waals surface area contributed by atoms with Crippen LogP contribution in [0.25, 0.3) is 0 Å². The smallest absolute Gasteiger partial charge is 0.253 e. The van der Waals surface area contributed by atoms with Crippen LogP contribution in [0.2, 0.25) is 0 Å². The Morgan fingerprint density at radius 1 is 1.17 bits per heavy atom. The molecule has 1 aromatic heterocycles.